The second-order valence-corrected chi connectivity index (χ2v) is 5.16. The Morgan fingerprint density at radius 1 is 1.16 bits per heavy atom. The van der Waals surface area contributed by atoms with Gasteiger partial charge in [-0.2, -0.15) is 0 Å². The van der Waals surface area contributed by atoms with Crippen LogP contribution in [0.25, 0.3) is 11.1 Å². The average Bonchev–Trinajstić information content (AvgIpc) is 2.41. The van der Waals surface area contributed by atoms with E-state index in [1.165, 1.54) is 0 Å². The van der Waals surface area contributed by atoms with Crippen LogP contribution in [0.15, 0.2) is 42.5 Å². The topological polar surface area (TPSA) is 26.3 Å². The summed E-state index contributed by atoms with van der Waals surface area (Å²) in [5.74, 6) is 0.610. The number of carbonyl (C=O) groups is 1. The number of halogens is 1. The van der Waals surface area contributed by atoms with Crippen LogP contribution in [0.3, 0.4) is 0 Å². The van der Waals surface area contributed by atoms with Gasteiger partial charge in [0.2, 0.25) is 0 Å². The van der Waals surface area contributed by atoms with Gasteiger partial charge < -0.3 is 4.74 Å². The van der Waals surface area contributed by atoms with Gasteiger partial charge in [0.25, 0.3) is 0 Å². The largest absolute Gasteiger partial charge is 0.488 e. The molecule has 2 nitrogen and oxygen atoms in total. The number of carbonyl (C=O) groups excluding carboxylic acids is 1. The van der Waals surface area contributed by atoms with E-state index in [-0.39, 0.29) is 11.9 Å². The van der Waals surface area contributed by atoms with Crippen LogP contribution in [-0.4, -0.2) is 11.9 Å². The first-order chi connectivity index (χ1) is 9.15. The molecule has 0 spiro atoms. The highest BCUT2D eigenvalue weighted by Crippen LogP contribution is 2.38. The van der Waals surface area contributed by atoms with Crippen molar-refractivity contribution in [3.63, 3.8) is 0 Å². The molecule has 0 radical (unpaired) electrons. The number of hydrogen-bond donors (Lipinski definition) is 0. The smallest absolute Gasteiger partial charge is 0.170 e. The molecule has 3 rings (SSSR count). The minimum absolute atomic E-state index is 0.0911. The highest BCUT2D eigenvalue weighted by molar-refractivity contribution is 6.33. The lowest BCUT2D eigenvalue weighted by molar-refractivity contribution is 0.0871. The maximum Gasteiger partial charge on any atom is 0.170 e. The van der Waals surface area contributed by atoms with Crippen molar-refractivity contribution in [2.75, 3.05) is 0 Å². The SMILES string of the molecule is CC1CC(=O)c2cc(-c3ccccc3)cc(Cl)c2O1. The summed E-state index contributed by atoms with van der Waals surface area (Å²) in [5, 5.41) is 0.497. The highest BCUT2D eigenvalue weighted by Gasteiger charge is 2.26. The molecule has 0 amide bonds. The normalized spacial score (nSPS) is 17.8. The number of ketones is 1. The maximum absolute atomic E-state index is 12.1. The van der Waals surface area contributed by atoms with Crippen LogP contribution in [0.4, 0.5) is 0 Å². The van der Waals surface area contributed by atoms with E-state index < -0.39 is 0 Å². The molecule has 0 saturated heterocycles. The minimum atomic E-state index is -0.111. The number of hydrogen-bond acceptors (Lipinski definition) is 2. The molecule has 0 fully saturated rings. The minimum Gasteiger partial charge on any atom is -0.488 e. The third kappa shape index (κ3) is 2.24. The summed E-state index contributed by atoms with van der Waals surface area (Å²) >= 11 is 6.25. The fourth-order valence-electron chi connectivity index (χ4n) is 2.33. The molecular weight excluding hydrogens is 260 g/mol. The zero-order valence-corrected chi connectivity index (χ0v) is 11.3. The van der Waals surface area contributed by atoms with Gasteiger partial charge in [-0.1, -0.05) is 41.9 Å². The van der Waals surface area contributed by atoms with E-state index in [0.717, 1.165) is 11.1 Å². The summed E-state index contributed by atoms with van der Waals surface area (Å²) in [5.41, 5.74) is 2.57. The lowest BCUT2D eigenvalue weighted by atomic mass is 9.96. The van der Waals surface area contributed by atoms with Crippen LogP contribution >= 0.6 is 11.6 Å². The number of fused-ring (bicyclic) bond motifs is 1. The molecule has 1 unspecified atom stereocenters. The van der Waals surface area contributed by atoms with E-state index in [1.54, 1.807) is 0 Å². The van der Waals surface area contributed by atoms with Crippen molar-refractivity contribution < 1.29 is 9.53 Å². The van der Waals surface area contributed by atoms with Crippen LogP contribution < -0.4 is 4.74 Å². The van der Waals surface area contributed by atoms with Gasteiger partial charge in [0, 0.05) is 6.42 Å². The molecule has 2 aromatic carbocycles. The number of ether oxygens (including phenoxy) is 1. The van der Waals surface area contributed by atoms with Gasteiger partial charge in [-0.15, -0.1) is 0 Å². The van der Waals surface area contributed by atoms with E-state index in [0.29, 0.717) is 22.8 Å². The molecule has 3 heteroatoms. The summed E-state index contributed by atoms with van der Waals surface area (Å²) in [7, 11) is 0. The fourth-order valence-corrected chi connectivity index (χ4v) is 2.60. The van der Waals surface area contributed by atoms with Gasteiger partial charge in [-0.05, 0) is 30.2 Å². The van der Waals surface area contributed by atoms with Crippen LogP contribution in [0, 0.1) is 0 Å². The summed E-state index contributed by atoms with van der Waals surface area (Å²) in [6.45, 7) is 1.88. The van der Waals surface area contributed by atoms with E-state index in [1.807, 2.05) is 49.4 Å². The van der Waals surface area contributed by atoms with Crippen molar-refractivity contribution in [1.82, 2.24) is 0 Å². The third-order valence-corrected chi connectivity index (χ3v) is 3.52. The Morgan fingerprint density at radius 2 is 1.89 bits per heavy atom. The van der Waals surface area contributed by atoms with Crippen LogP contribution in [0.1, 0.15) is 23.7 Å². The van der Waals surface area contributed by atoms with Crippen LogP contribution in [-0.2, 0) is 0 Å². The molecule has 96 valence electrons. The zero-order chi connectivity index (χ0) is 13.4. The van der Waals surface area contributed by atoms with Crippen molar-refractivity contribution in [3.05, 3.63) is 53.1 Å². The van der Waals surface area contributed by atoms with E-state index >= 15 is 0 Å². The summed E-state index contributed by atoms with van der Waals surface area (Å²) < 4.78 is 5.67. The Hall–Kier alpha value is -1.80. The van der Waals surface area contributed by atoms with Gasteiger partial charge in [0.15, 0.2) is 5.78 Å². The Labute approximate surface area is 117 Å². The van der Waals surface area contributed by atoms with Crippen molar-refractivity contribution in [3.8, 4) is 16.9 Å². The van der Waals surface area contributed by atoms with Gasteiger partial charge in [-0.25, -0.2) is 0 Å². The molecule has 1 aliphatic rings. The van der Waals surface area contributed by atoms with Gasteiger partial charge >= 0.3 is 0 Å². The Balaban J connectivity index is 2.14. The van der Waals surface area contributed by atoms with Crippen molar-refractivity contribution in [2.24, 2.45) is 0 Å². The monoisotopic (exact) mass is 272 g/mol. The van der Waals surface area contributed by atoms with Gasteiger partial charge in [0.1, 0.15) is 11.9 Å². The summed E-state index contributed by atoms with van der Waals surface area (Å²) in [6, 6.07) is 13.6. The molecule has 1 heterocycles. The van der Waals surface area contributed by atoms with Crippen LogP contribution in [0.2, 0.25) is 5.02 Å². The molecule has 0 saturated carbocycles. The Kier molecular flexibility index (Phi) is 3.03. The molecule has 19 heavy (non-hydrogen) atoms. The van der Waals surface area contributed by atoms with Crippen molar-refractivity contribution >= 4 is 17.4 Å². The molecule has 1 atom stereocenters. The molecular formula is C16H13ClO2. The molecule has 0 N–H and O–H groups in total. The second-order valence-electron chi connectivity index (χ2n) is 4.76. The molecule has 0 aromatic heterocycles. The highest BCUT2D eigenvalue weighted by atomic mass is 35.5. The standard InChI is InChI=1S/C16H13ClO2/c1-10-7-15(18)13-8-12(9-14(17)16(13)19-10)11-5-3-2-4-6-11/h2-6,8-10H,7H2,1H3. The third-order valence-electron chi connectivity index (χ3n) is 3.24. The van der Waals surface area contributed by atoms with E-state index in [2.05, 4.69) is 0 Å². The number of Topliss-reactive ketones (excluding diaryl/α,β-unsaturated/α-hetero) is 1. The number of rotatable bonds is 1. The lowest BCUT2D eigenvalue weighted by Gasteiger charge is -2.23. The quantitative estimate of drug-likeness (QED) is 0.771. The van der Waals surface area contributed by atoms with Crippen molar-refractivity contribution in [2.45, 2.75) is 19.4 Å². The second kappa shape index (κ2) is 4.71. The average molecular weight is 273 g/mol. The summed E-state index contributed by atoms with van der Waals surface area (Å²) in [6.07, 6.45) is 0.293. The first-order valence-electron chi connectivity index (χ1n) is 6.24. The first-order valence-corrected chi connectivity index (χ1v) is 6.62. The van der Waals surface area contributed by atoms with Gasteiger partial charge in [0.05, 0.1) is 10.6 Å². The molecule has 1 aliphatic heterocycles. The Morgan fingerprint density at radius 3 is 2.63 bits per heavy atom. The maximum atomic E-state index is 12.1. The summed E-state index contributed by atoms with van der Waals surface area (Å²) in [4.78, 5) is 12.1. The van der Waals surface area contributed by atoms with Crippen molar-refractivity contribution in [1.29, 1.82) is 0 Å². The number of benzene rings is 2. The Bertz CT molecular complexity index is 635. The fraction of sp³-hybridized carbons (Fsp3) is 0.188. The zero-order valence-electron chi connectivity index (χ0n) is 10.5. The first kappa shape index (κ1) is 12.2. The lowest BCUT2D eigenvalue weighted by Crippen LogP contribution is -2.24. The predicted octanol–water partition coefficient (Wildman–Crippen LogP) is 4.36. The molecule has 0 aliphatic carbocycles. The molecule has 2 aromatic rings. The predicted molar refractivity (Wildman–Crippen MR) is 75.9 cm³/mol. The van der Waals surface area contributed by atoms with Gasteiger partial charge in [-0.3, -0.25) is 4.79 Å². The molecule has 0 bridgehead atoms. The van der Waals surface area contributed by atoms with E-state index in [9.17, 15) is 4.79 Å². The van der Waals surface area contributed by atoms with E-state index in [4.69, 9.17) is 16.3 Å². The van der Waals surface area contributed by atoms with Crippen LogP contribution in [0.5, 0.6) is 5.75 Å².